The molecule has 0 spiro atoms. The second-order valence-corrected chi connectivity index (χ2v) is 5.16. The molecule has 0 aromatic heterocycles. The molecule has 0 amide bonds. The van der Waals surface area contributed by atoms with Crippen LogP contribution in [-0.2, 0) is 12.8 Å². The lowest BCUT2D eigenvalue weighted by Crippen LogP contribution is -2.15. The molecule has 1 aromatic carbocycles. The van der Waals surface area contributed by atoms with Crippen LogP contribution in [0.2, 0.25) is 0 Å². The van der Waals surface area contributed by atoms with Gasteiger partial charge in [0.25, 0.3) is 0 Å². The third-order valence-electron chi connectivity index (χ3n) is 3.23. The van der Waals surface area contributed by atoms with Gasteiger partial charge < -0.3 is 5.11 Å². The van der Waals surface area contributed by atoms with Crippen molar-refractivity contribution in [3.63, 3.8) is 0 Å². The molecule has 76 valence electrons. The van der Waals surface area contributed by atoms with Gasteiger partial charge in [0, 0.05) is 11.1 Å². The maximum atomic E-state index is 9.12. The Labute approximate surface area is 93.3 Å². The van der Waals surface area contributed by atoms with E-state index in [4.69, 9.17) is 5.11 Å². The molecule has 0 bridgehead atoms. The topological polar surface area (TPSA) is 20.2 Å². The highest BCUT2D eigenvalue weighted by molar-refractivity contribution is 9.10. The third-order valence-corrected chi connectivity index (χ3v) is 3.72. The van der Waals surface area contributed by atoms with Crippen LogP contribution in [0.4, 0.5) is 0 Å². The van der Waals surface area contributed by atoms with Crippen LogP contribution in [-0.4, -0.2) is 11.7 Å². The van der Waals surface area contributed by atoms with Crippen LogP contribution < -0.4 is 0 Å². The molecule has 0 aliphatic heterocycles. The van der Waals surface area contributed by atoms with Crippen molar-refractivity contribution in [2.75, 3.05) is 6.61 Å². The third kappa shape index (κ3) is 1.86. The number of benzene rings is 1. The Kier molecular flexibility index (Phi) is 2.93. The Hall–Kier alpha value is -0.340. The van der Waals surface area contributed by atoms with Gasteiger partial charge in [-0.1, -0.05) is 28.9 Å². The highest BCUT2D eigenvalue weighted by Gasteiger charge is 2.25. The Morgan fingerprint density at radius 2 is 2.14 bits per heavy atom. The normalized spacial score (nSPS) is 22.1. The summed E-state index contributed by atoms with van der Waals surface area (Å²) in [5.41, 5.74) is 2.91. The highest BCUT2D eigenvalue weighted by Crippen LogP contribution is 2.32. The van der Waals surface area contributed by atoms with Gasteiger partial charge in [-0.3, -0.25) is 0 Å². The van der Waals surface area contributed by atoms with Gasteiger partial charge in [-0.2, -0.15) is 0 Å². The maximum absolute atomic E-state index is 9.12. The van der Waals surface area contributed by atoms with Crippen molar-refractivity contribution in [3.05, 3.63) is 33.8 Å². The van der Waals surface area contributed by atoms with E-state index < -0.39 is 0 Å². The van der Waals surface area contributed by atoms with E-state index in [1.54, 1.807) is 0 Å². The fourth-order valence-electron chi connectivity index (χ4n) is 2.17. The summed E-state index contributed by atoms with van der Waals surface area (Å²) < 4.78 is 1.16. The zero-order chi connectivity index (χ0) is 10.1. The number of aliphatic hydroxyl groups excluding tert-OH is 1. The van der Waals surface area contributed by atoms with E-state index in [1.165, 1.54) is 11.1 Å². The monoisotopic (exact) mass is 254 g/mol. The summed E-state index contributed by atoms with van der Waals surface area (Å²) in [6.45, 7) is 2.44. The molecule has 2 unspecified atom stereocenters. The van der Waals surface area contributed by atoms with E-state index >= 15 is 0 Å². The first-order valence-corrected chi connectivity index (χ1v) is 5.88. The van der Waals surface area contributed by atoms with Crippen molar-refractivity contribution in [1.29, 1.82) is 0 Å². The van der Waals surface area contributed by atoms with Crippen molar-refractivity contribution in [2.24, 2.45) is 11.8 Å². The van der Waals surface area contributed by atoms with Crippen molar-refractivity contribution in [2.45, 2.75) is 19.8 Å². The number of aliphatic hydroxyl groups is 1. The van der Waals surface area contributed by atoms with Crippen molar-refractivity contribution in [3.8, 4) is 0 Å². The smallest absolute Gasteiger partial charge is 0.0459 e. The Bertz CT molecular complexity index is 335. The average Bonchev–Trinajstić information content (AvgIpc) is 2.59. The summed E-state index contributed by atoms with van der Waals surface area (Å²) in [6, 6.07) is 6.51. The first-order valence-electron chi connectivity index (χ1n) is 5.09. The molecule has 0 fully saturated rings. The van der Waals surface area contributed by atoms with E-state index in [0.29, 0.717) is 18.4 Å². The zero-order valence-corrected chi connectivity index (χ0v) is 9.92. The number of hydrogen-bond donors (Lipinski definition) is 1. The number of hydrogen-bond acceptors (Lipinski definition) is 1. The van der Waals surface area contributed by atoms with Crippen LogP contribution in [0.3, 0.4) is 0 Å². The maximum Gasteiger partial charge on any atom is 0.0459 e. The minimum atomic E-state index is 0.305. The van der Waals surface area contributed by atoms with Crippen LogP contribution in [0.5, 0.6) is 0 Å². The van der Waals surface area contributed by atoms with Gasteiger partial charge in [0.15, 0.2) is 0 Å². The summed E-state index contributed by atoms with van der Waals surface area (Å²) in [5, 5.41) is 9.12. The van der Waals surface area contributed by atoms with Gasteiger partial charge in [0.2, 0.25) is 0 Å². The first-order chi connectivity index (χ1) is 6.70. The molecular weight excluding hydrogens is 240 g/mol. The average molecular weight is 255 g/mol. The summed E-state index contributed by atoms with van der Waals surface area (Å²) in [5.74, 6) is 1.05. The van der Waals surface area contributed by atoms with E-state index in [9.17, 15) is 0 Å². The Morgan fingerprint density at radius 3 is 2.86 bits per heavy atom. The summed E-state index contributed by atoms with van der Waals surface area (Å²) in [4.78, 5) is 0. The van der Waals surface area contributed by atoms with E-state index in [1.807, 2.05) is 0 Å². The van der Waals surface area contributed by atoms with Gasteiger partial charge in [-0.05, 0) is 47.9 Å². The molecule has 1 nitrogen and oxygen atoms in total. The highest BCUT2D eigenvalue weighted by atomic mass is 79.9. The van der Waals surface area contributed by atoms with Gasteiger partial charge in [0.05, 0.1) is 0 Å². The number of rotatable bonds is 2. The van der Waals surface area contributed by atoms with Crippen LogP contribution in [0, 0.1) is 11.8 Å². The number of fused-ring (bicyclic) bond motifs is 1. The standard InChI is InChI=1S/C12H15BrO/c1-8(7-14)10-4-9-2-3-12(13)6-11(9)5-10/h2-3,6,8,10,14H,4-5,7H2,1H3. The molecule has 0 heterocycles. The zero-order valence-electron chi connectivity index (χ0n) is 8.33. The predicted octanol–water partition coefficient (Wildman–Crippen LogP) is 2.79. The largest absolute Gasteiger partial charge is 0.396 e. The second-order valence-electron chi connectivity index (χ2n) is 4.24. The molecular formula is C12H15BrO. The predicted molar refractivity (Wildman–Crippen MR) is 61.3 cm³/mol. The fourth-order valence-corrected chi connectivity index (χ4v) is 2.58. The first kappa shape index (κ1) is 10.2. The van der Waals surface area contributed by atoms with E-state index in [2.05, 4.69) is 41.1 Å². The SMILES string of the molecule is CC(CO)C1Cc2ccc(Br)cc2C1. The summed E-state index contributed by atoms with van der Waals surface area (Å²) in [7, 11) is 0. The van der Waals surface area contributed by atoms with Crippen LogP contribution >= 0.6 is 15.9 Å². The second kappa shape index (κ2) is 4.03. The van der Waals surface area contributed by atoms with Gasteiger partial charge in [-0.25, -0.2) is 0 Å². The minimum Gasteiger partial charge on any atom is -0.396 e. The quantitative estimate of drug-likeness (QED) is 0.861. The Balaban J connectivity index is 2.17. The van der Waals surface area contributed by atoms with Gasteiger partial charge >= 0.3 is 0 Å². The Morgan fingerprint density at radius 1 is 1.43 bits per heavy atom. The molecule has 2 atom stereocenters. The molecule has 1 aliphatic rings. The molecule has 1 aromatic rings. The molecule has 0 radical (unpaired) electrons. The lowest BCUT2D eigenvalue weighted by atomic mass is 9.92. The van der Waals surface area contributed by atoms with Crippen LogP contribution in [0.15, 0.2) is 22.7 Å². The molecule has 2 heteroatoms. The van der Waals surface area contributed by atoms with Crippen molar-refractivity contribution >= 4 is 15.9 Å². The lowest BCUT2D eigenvalue weighted by Gasteiger charge is -2.15. The molecule has 0 saturated heterocycles. The molecule has 1 aliphatic carbocycles. The van der Waals surface area contributed by atoms with Crippen molar-refractivity contribution in [1.82, 2.24) is 0 Å². The summed E-state index contributed by atoms with van der Waals surface area (Å²) >= 11 is 3.49. The fraction of sp³-hybridized carbons (Fsp3) is 0.500. The molecule has 2 rings (SSSR count). The van der Waals surface area contributed by atoms with Crippen LogP contribution in [0.1, 0.15) is 18.1 Å². The lowest BCUT2D eigenvalue weighted by molar-refractivity contribution is 0.192. The van der Waals surface area contributed by atoms with Gasteiger partial charge in [0.1, 0.15) is 0 Å². The van der Waals surface area contributed by atoms with Crippen LogP contribution in [0.25, 0.3) is 0 Å². The van der Waals surface area contributed by atoms with Gasteiger partial charge in [-0.15, -0.1) is 0 Å². The van der Waals surface area contributed by atoms with Crippen molar-refractivity contribution < 1.29 is 5.11 Å². The van der Waals surface area contributed by atoms with E-state index in [-0.39, 0.29) is 0 Å². The summed E-state index contributed by atoms with van der Waals surface area (Å²) in [6.07, 6.45) is 2.25. The molecule has 1 N–H and O–H groups in total. The number of halogens is 1. The molecule has 0 saturated carbocycles. The minimum absolute atomic E-state index is 0.305. The molecule has 14 heavy (non-hydrogen) atoms. The van der Waals surface area contributed by atoms with E-state index in [0.717, 1.165) is 17.3 Å².